The van der Waals surface area contributed by atoms with Crippen LogP contribution >= 0.6 is 0 Å². The molecule has 0 radical (unpaired) electrons. The Morgan fingerprint density at radius 2 is 2.31 bits per heavy atom. The van der Waals surface area contributed by atoms with Gasteiger partial charge < -0.3 is 10.1 Å². The van der Waals surface area contributed by atoms with Gasteiger partial charge in [0.15, 0.2) is 0 Å². The lowest BCUT2D eigenvalue weighted by molar-refractivity contribution is -0.0755. The molecule has 1 saturated heterocycles. The molecule has 0 aromatic heterocycles. The lowest BCUT2D eigenvalue weighted by Gasteiger charge is -2.35. The molecule has 3 nitrogen and oxygen atoms in total. The van der Waals surface area contributed by atoms with Gasteiger partial charge >= 0.3 is 0 Å². The summed E-state index contributed by atoms with van der Waals surface area (Å²) < 4.78 is 17.9. The molecule has 84 valence electrons. The van der Waals surface area contributed by atoms with Crippen LogP contribution < -0.4 is 5.32 Å². The third-order valence-electron chi connectivity index (χ3n) is 2.68. The molecule has 1 aromatic carbocycles. The second-order valence-electron chi connectivity index (χ2n) is 4.12. The Hall–Kier alpha value is -1.44. The quantitative estimate of drug-likeness (QED) is 0.835. The molecule has 16 heavy (non-hydrogen) atoms. The van der Waals surface area contributed by atoms with Crippen molar-refractivity contribution in [1.82, 2.24) is 5.32 Å². The zero-order chi connectivity index (χ0) is 11.4. The van der Waals surface area contributed by atoms with Crippen molar-refractivity contribution in [2.24, 2.45) is 5.41 Å². The minimum Gasteiger partial charge on any atom is -0.378 e. The third-order valence-corrected chi connectivity index (χ3v) is 2.68. The molecule has 1 fully saturated rings. The number of hydrogen-bond acceptors (Lipinski definition) is 3. The van der Waals surface area contributed by atoms with E-state index in [4.69, 9.17) is 10.00 Å². The van der Waals surface area contributed by atoms with Crippen LogP contribution in [0.3, 0.4) is 0 Å². The standard InChI is InChI=1S/C12H13FN2O/c13-11-3-1-2-10(4-11)5-15-7-12(6-14)8-16-9-12/h1-4,15H,5,7-9H2. The molecule has 4 heteroatoms. The number of nitrogens with zero attached hydrogens (tertiary/aromatic N) is 1. The molecule has 0 atom stereocenters. The first-order chi connectivity index (χ1) is 7.74. The first-order valence-electron chi connectivity index (χ1n) is 5.18. The Balaban J connectivity index is 1.82. The molecule has 0 aliphatic carbocycles. The third kappa shape index (κ3) is 2.38. The van der Waals surface area contributed by atoms with Gasteiger partial charge in [-0.1, -0.05) is 12.1 Å². The van der Waals surface area contributed by atoms with E-state index < -0.39 is 0 Å². The average Bonchev–Trinajstić information content (AvgIpc) is 2.22. The SMILES string of the molecule is N#CC1(CNCc2cccc(F)c2)COC1. The van der Waals surface area contributed by atoms with E-state index in [0.29, 0.717) is 26.3 Å². The number of hydrogen-bond donors (Lipinski definition) is 1. The highest BCUT2D eigenvalue weighted by molar-refractivity contribution is 5.16. The molecule has 0 bridgehead atoms. The van der Waals surface area contributed by atoms with Crippen LogP contribution in [-0.2, 0) is 11.3 Å². The summed E-state index contributed by atoms with van der Waals surface area (Å²) >= 11 is 0. The van der Waals surface area contributed by atoms with Gasteiger partial charge in [0.05, 0.1) is 19.3 Å². The Morgan fingerprint density at radius 3 is 2.88 bits per heavy atom. The van der Waals surface area contributed by atoms with E-state index in [2.05, 4.69) is 11.4 Å². The average molecular weight is 220 g/mol. The van der Waals surface area contributed by atoms with Crippen LogP contribution in [-0.4, -0.2) is 19.8 Å². The Bertz CT molecular complexity index is 410. The summed E-state index contributed by atoms with van der Waals surface area (Å²) in [5, 5.41) is 12.1. The monoisotopic (exact) mass is 220 g/mol. The zero-order valence-corrected chi connectivity index (χ0v) is 8.87. The van der Waals surface area contributed by atoms with Crippen LogP contribution in [0.2, 0.25) is 0 Å². The van der Waals surface area contributed by atoms with E-state index in [-0.39, 0.29) is 11.2 Å². The van der Waals surface area contributed by atoms with E-state index in [9.17, 15) is 4.39 Å². The maximum Gasteiger partial charge on any atom is 0.123 e. The topological polar surface area (TPSA) is 45.0 Å². The molecular formula is C12H13FN2O. The second-order valence-corrected chi connectivity index (χ2v) is 4.12. The minimum atomic E-state index is -0.382. The van der Waals surface area contributed by atoms with E-state index in [1.54, 1.807) is 6.07 Å². The van der Waals surface area contributed by atoms with Crippen LogP contribution in [0.25, 0.3) is 0 Å². The molecule has 1 aliphatic heterocycles. The van der Waals surface area contributed by atoms with Crippen molar-refractivity contribution in [3.63, 3.8) is 0 Å². The molecule has 2 rings (SSSR count). The number of rotatable bonds is 4. The number of nitriles is 1. The largest absolute Gasteiger partial charge is 0.378 e. The lowest BCUT2D eigenvalue weighted by Crippen LogP contribution is -2.48. The van der Waals surface area contributed by atoms with Gasteiger partial charge in [-0.3, -0.25) is 0 Å². The van der Waals surface area contributed by atoms with Gasteiger partial charge in [0.2, 0.25) is 0 Å². The summed E-state index contributed by atoms with van der Waals surface area (Å²) in [6.07, 6.45) is 0. The molecule has 1 aromatic rings. The van der Waals surface area contributed by atoms with Gasteiger partial charge in [-0.25, -0.2) is 4.39 Å². The fourth-order valence-electron chi connectivity index (χ4n) is 1.65. The molecule has 0 spiro atoms. The second kappa shape index (κ2) is 4.60. The predicted octanol–water partition coefficient (Wildman–Crippen LogP) is 1.46. The summed E-state index contributed by atoms with van der Waals surface area (Å²) in [7, 11) is 0. The van der Waals surface area contributed by atoms with Crippen LogP contribution in [0.15, 0.2) is 24.3 Å². The Labute approximate surface area is 93.8 Å². The first kappa shape index (κ1) is 11.1. The Morgan fingerprint density at radius 1 is 1.50 bits per heavy atom. The molecule has 0 saturated carbocycles. The highest BCUT2D eigenvalue weighted by Crippen LogP contribution is 2.25. The fraction of sp³-hybridized carbons (Fsp3) is 0.417. The van der Waals surface area contributed by atoms with Crippen LogP contribution in [0.5, 0.6) is 0 Å². The van der Waals surface area contributed by atoms with Crippen LogP contribution in [0.4, 0.5) is 4.39 Å². The van der Waals surface area contributed by atoms with Crippen molar-refractivity contribution in [2.75, 3.05) is 19.8 Å². The summed E-state index contributed by atoms with van der Waals surface area (Å²) in [5.74, 6) is -0.235. The number of ether oxygens (including phenoxy) is 1. The van der Waals surface area contributed by atoms with E-state index in [1.165, 1.54) is 12.1 Å². The van der Waals surface area contributed by atoms with Gasteiger partial charge in [0.25, 0.3) is 0 Å². The molecular weight excluding hydrogens is 207 g/mol. The van der Waals surface area contributed by atoms with E-state index >= 15 is 0 Å². The van der Waals surface area contributed by atoms with Crippen molar-refractivity contribution < 1.29 is 9.13 Å². The van der Waals surface area contributed by atoms with Gasteiger partial charge in [0, 0.05) is 13.1 Å². The molecule has 0 unspecified atom stereocenters. The normalized spacial score (nSPS) is 17.5. The maximum absolute atomic E-state index is 12.9. The predicted molar refractivity (Wildman–Crippen MR) is 57.0 cm³/mol. The van der Waals surface area contributed by atoms with Crippen molar-refractivity contribution in [2.45, 2.75) is 6.54 Å². The lowest BCUT2D eigenvalue weighted by atomic mass is 9.88. The minimum absolute atomic E-state index is 0.235. The van der Waals surface area contributed by atoms with Crippen molar-refractivity contribution in [3.8, 4) is 6.07 Å². The smallest absolute Gasteiger partial charge is 0.123 e. The van der Waals surface area contributed by atoms with Crippen LogP contribution in [0.1, 0.15) is 5.56 Å². The van der Waals surface area contributed by atoms with Gasteiger partial charge in [0.1, 0.15) is 11.2 Å². The van der Waals surface area contributed by atoms with Gasteiger partial charge in [-0.2, -0.15) is 5.26 Å². The van der Waals surface area contributed by atoms with Crippen LogP contribution in [0, 0.1) is 22.6 Å². The molecule has 1 heterocycles. The Kier molecular flexibility index (Phi) is 3.18. The highest BCUT2D eigenvalue weighted by Gasteiger charge is 2.38. The van der Waals surface area contributed by atoms with Crippen molar-refractivity contribution in [1.29, 1.82) is 5.26 Å². The maximum atomic E-state index is 12.9. The molecule has 0 amide bonds. The fourth-order valence-corrected chi connectivity index (χ4v) is 1.65. The summed E-state index contributed by atoms with van der Waals surface area (Å²) in [5.41, 5.74) is 0.501. The van der Waals surface area contributed by atoms with Gasteiger partial charge in [-0.05, 0) is 17.7 Å². The summed E-state index contributed by atoms with van der Waals surface area (Å²) in [6, 6.07) is 8.69. The van der Waals surface area contributed by atoms with E-state index in [0.717, 1.165) is 5.56 Å². The summed E-state index contributed by atoms with van der Waals surface area (Å²) in [4.78, 5) is 0. The molecule has 1 N–H and O–H groups in total. The van der Waals surface area contributed by atoms with E-state index in [1.807, 2.05) is 6.07 Å². The number of halogens is 1. The van der Waals surface area contributed by atoms with Crippen molar-refractivity contribution in [3.05, 3.63) is 35.6 Å². The summed E-state index contributed by atoms with van der Waals surface area (Å²) in [6.45, 7) is 2.13. The number of nitrogens with one attached hydrogen (secondary N) is 1. The zero-order valence-electron chi connectivity index (χ0n) is 8.87. The van der Waals surface area contributed by atoms with Crippen molar-refractivity contribution >= 4 is 0 Å². The van der Waals surface area contributed by atoms with Gasteiger partial charge in [-0.15, -0.1) is 0 Å². The highest BCUT2D eigenvalue weighted by atomic mass is 19.1. The number of benzene rings is 1. The molecule has 1 aliphatic rings. The first-order valence-corrected chi connectivity index (χ1v) is 5.18.